The van der Waals surface area contributed by atoms with E-state index >= 15 is 0 Å². The van der Waals surface area contributed by atoms with Crippen molar-refractivity contribution in [3.63, 3.8) is 0 Å². The van der Waals surface area contributed by atoms with Crippen LogP contribution >= 0.6 is 11.8 Å². The lowest BCUT2D eigenvalue weighted by atomic mass is 10.2. The molecule has 0 radical (unpaired) electrons. The van der Waals surface area contributed by atoms with E-state index < -0.39 is 9.84 Å². The Morgan fingerprint density at radius 2 is 2.00 bits per heavy atom. The number of rotatable bonds is 2. The van der Waals surface area contributed by atoms with Crippen molar-refractivity contribution in [2.75, 3.05) is 11.5 Å². The van der Waals surface area contributed by atoms with Gasteiger partial charge in [-0.3, -0.25) is 5.73 Å². The number of nitrogens with two attached hydrogens (primary N) is 1. The largest absolute Gasteiger partial charge is 0.305 e. The van der Waals surface area contributed by atoms with Crippen molar-refractivity contribution in [1.29, 1.82) is 0 Å². The molecule has 18 heavy (non-hydrogen) atoms. The normalized spacial score (nSPS) is 29.6. The van der Waals surface area contributed by atoms with Gasteiger partial charge in [-0.05, 0) is 17.3 Å². The second kappa shape index (κ2) is 4.28. The topological polar surface area (TPSA) is 63.2 Å². The van der Waals surface area contributed by atoms with E-state index in [-0.39, 0.29) is 22.8 Å². The predicted octanol–water partition coefficient (Wildman–Crippen LogP) is 0.426. The van der Waals surface area contributed by atoms with E-state index in [4.69, 9.17) is 5.73 Å². The van der Waals surface area contributed by atoms with Crippen LogP contribution < -0.4 is 5.73 Å². The molecule has 0 bridgehead atoms. The number of sulfone groups is 1. The zero-order valence-corrected chi connectivity index (χ0v) is 11.5. The molecule has 1 aromatic carbocycles. The van der Waals surface area contributed by atoms with Crippen molar-refractivity contribution in [3.05, 3.63) is 35.9 Å². The summed E-state index contributed by atoms with van der Waals surface area (Å²) in [5.74, 6) is 0.493. The van der Waals surface area contributed by atoms with Crippen molar-refractivity contribution >= 4 is 26.8 Å². The minimum atomic E-state index is -2.89. The van der Waals surface area contributed by atoms with Gasteiger partial charge in [0, 0.05) is 0 Å². The van der Waals surface area contributed by atoms with E-state index in [1.54, 1.807) is 0 Å². The molecular weight excluding hydrogens is 268 g/mol. The monoisotopic (exact) mass is 283 g/mol. The highest BCUT2D eigenvalue weighted by Crippen LogP contribution is 2.33. The first kappa shape index (κ1) is 12.0. The average molecular weight is 283 g/mol. The summed E-state index contributed by atoms with van der Waals surface area (Å²) in [6, 6.07) is 10.1. The number of amidine groups is 1. The van der Waals surface area contributed by atoms with Crippen LogP contribution in [0.25, 0.3) is 0 Å². The summed E-state index contributed by atoms with van der Waals surface area (Å²) in [4.78, 5) is 0. The fraction of sp³-hybridized carbons (Fsp3) is 0.417. The maximum Gasteiger partial charge on any atom is 0.305 e. The van der Waals surface area contributed by atoms with Gasteiger partial charge >= 0.3 is 5.17 Å². The lowest BCUT2D eigenvalue weighted by Crippen LogP contribution is -2.32. The Balaban J connectivity index is 1.86. The molecule has 2 aliphatic heterocycles. The Morgan fingerprint density at radius 1 is 1.28 bits per heavy atom. The smallest absolute Gasteiger partial charge is 0.281 e. The molecule has 0 aromatic heterocycles. The second-order valence-electron chi connectivity index (χ2n) is 4.75. The van der Waals surface area contributed by atoms with Gasteiger partial charge < -0.3 is 0 Å². The third kappa shape index (κ3) is 2.14. The molecule has 2 N–H and O–H groups in total. The number of benzene rings is 1. The van der Waals surface area contributed by atoms with Gasteiger partial charge in [-0.25, -0.2) is 13.0 Å². The zero-order valence-electron chi connectivity index (χ0n) is 9.82. The maximum atomic E-state index is 11.7. The predicted molar refractivity (Wildman–Crippen MR) is 73.4 cm³/mol. The molecule has 1 fully saturated rings. The molecule has 1 aromatic rings. The highest BCUT2D eigenvalue weighted by atomic mass is 32.2. The fourth-order valence-electron chi connectivity index (χ4n) is 2.56. The van der Waals surface area contributed by atoms with Crippen LogP contribution in [0.4, 0.5) is 0 Å². The SMILES string of the molecule is NC1=[N+](Cc2ccccc2)[C@H]2CS(=O)(=O)C[C@@H]2S1. The van der Waals surface area contributed by atoms with Gasteiger partial charge in [0.1, 0.15) is 12.6 Å². The Morgan fingerprint density at radius 3 is 2.72 bits per heavy atom. The molecule has 0 unspecified atom stereocenters. The van der Waals surface area contributed by atoms with Crippen molar-refractivity contribution < 1.29 is 13.0 Å². The summed E-state index contributed by atoms with van der Waals surface area (Å²) in [5.41, 5.74) is 7.17. The minimum absolute atomic E-state index is 0.0419. The first-order valence-corrected chi connectivity index (χ1v) is 8.55. The molecule has 2 aliphatic rings. The standard InChI is InChI=1S/C12H14N2O2S2/c13-12-14(6-9-4-2-1-3-5-9)10-7-18(15,16)8-11(10)17-12/h1-5,10-11,13H,6-8H2/p+1/t10-,11-/m0/s1. The third-order valence-corrected chi connectivity index (χ3v) is 6.61. The van der Waals surface area contributed by atoms with E-state index in [0.29, 0.717) is 6.54 Å². The van der Waals surface area contributed by atoms with Crippen LogP contribution in [0.15, 0.2) is 30.3 Å². The number of thioether (sulfide) groups is 1. The van der Waals surface area contributed by atoms with E-state index in [1.807, 2.05) is 34.9 Å². The fourth-order valence-corrected chi connectivity index (χ4v) is 6.41. The Kier molecular flexibility index (Phi) is 2.86. The van der Waals surface area contributed by atoms with Gasteiger partial charge in [-0.2, -0.15) is 0 Å². The summed E-state index contributed by atoms with van der Waals surface area (Å²) in [6.45, 7) is 0.691. The zero-order chi connectivity index (χ0) is 12.8. The summed E-state index contributed by atoms with van der Waals surface area (Å²) >= 11 is 1.51. The Labute approximate surface area is 111 Å². The summed E-state index contributed by atoms with van der Waals surface area (Å²) < 4.78 is 25.4. The lowest BCUT2D eigenvalue weighted by molar-refractivity contribution is -0.569. The minimum Gasteiger partial charge on any atom is -0.281 e. The van der Waals surface area contributed by atoms with E-state index in [9.17, 15) is 8.42 Å². The van der Waals surface area contributed by atoms with Crippen LogP contribution in [-0.4, -0.2) is 41.0 Å². The van der Waals surface area contributed by atoms with Gasteiger partial charge in [-0.1, -0.05) is 30.3 Å². The van der Waals surface area contributed by atoms with Crippen LogP contribution in [0.1, 0.15) is 5.56 Å². The first-order valence-electron chi connectivity index (χ1n) is 5.85. The van der Waals surface area contributed by atoms with Crippen LogP contribution in [0.3, 0.4) is 0 Å². The summed E-state index contributed by atoms with van der Waals surface area (Å²) in [7, 11) is -2.89. The highest BCUT2D eigenvalue weighted by molar-refractivity contribution is 8.15. The highest BCUT2D eigenvalue weighted by Gasteiger charge is 2.48. The maximum absolute atomic E-state index is 11.7. The van der Waals surface area contributed by atoms with E-state index in [2.05, 4.69) is 0 Å². The van der Waals surface area contributed by atoms with E-state index in [0.717, 1.165) is 10.7 Å². The quantitative estimate of drug-likeness (QED) is 0.799. The average Bonchev–Trinajstić information content (AvgIpc) is 2.74. The number of nitrogens with zero attached hydrogens (tertiary/aromatic N) is 1. The molecular formula is C12H15N2O2S2+. The van der Waals surface area contributed by atoms with Crippen LogP contribution in [-0.2, 0) is 16.4 Å². The summed E-state index contributed by atoms with van der Waals surface area (Å²) in [5, 5.41) is 0.863. The van der Waals surface area contributed by atoms with Crippen molar-refractivity contribution in [2.24, 2.45) is 5.73 Å². The molecule has 6 heteroatoms. The number of hydrogen-bond donors (Lipinski definition) is 1. The van der Waals surface area contributed by atoms with Gasteiger partial charge in [0.15, 0.2) is 9.84 Å². The van der Waals surface area contributed by atoms with Gasteiger partial charge in [-0.15, -0.1) is 0 Å². The van der Waals surface area contributed by atoms with Crippen LogP contribution in [0, 0.1) is 0 Å². The Bertz CT molecular complexity index is 596. The van der Waals surface area contributed by atoms with Gasteiger partial charge in [0.25, 0.3) is 0 Å². The molecule has 0 spiro atoms. The molecule has 2 atom stereocenters. The molecule has 0 saturated carbocycles. The van der Waals surface area contributed by atoms with E-state index in [1.165, 1.54) is 11.8 Å². The second-order valence-corrected chi connectivity index (χ2v) is 8.17. The molecule has 0 amide bonds. The van der Waals surface area contributed by atoms with Crippen LogP contribution in [0.2, 0.25) is 0 Å². The third-order valence-electron chi connectivity index (χ3n) is 3.42. The molecule has 0 aliphatic carbocycles. The summed E-state index contributed by atoms with van der Waals surface area (Å²) in [6.07, 6.45) is 0. The number of hydrogen-bond acceptors (Lipinski definition) is 4. The van der Waals surface area contributed by atoms with Crippen LogP contribution in [0.5, 0.6) is 0 Å². The van der Waals surface area contributed by atoms with Gasteiger partial charge in [0.2, 0.25) is 0 Å². The molecule has 2 heterocycles. The molecule has 96 valence electrons. The molecule has 3 rings (SSSR count). The van der Waals surface area contributed by atoms with Gasteiger partial charge in [0.05, 0.1) is 16.8 Å². The molecule has 1 saturated heterocycles. The molecule has 4 nitrogen and oxygen atoms in total. The number of fused-ring (bicyclic) bond motifs is 1. The Hall–Kier alpha value is -1.01. The van der Waals surface area contributed by atoms with Crippen molar-refractivity contribution in [1.82, 2.24) is 0 Å². The van der Waals surface area contributed by atoms with Crippen molar-refractivity contribution in [3.8, 4) is 0 Å². The van der Waals surface area contributed by atoms with Crippen molar-refractivity contribution in [2.45, 2.75) is 17.8 Å². The first-order chi connectivity index (χ1) is 8.55. The lowest BCUT2D eigenvalue weighted by Gasteiger charge is -2.10.